The van der Waals surface area contributed by atoms with E-state index in [0.29, 0.717) is 6.04 Å². The number of benzene rings is 1. The Morgan fingerprint density at radius 1 is 1.09 bits per heavy atom. The Kier molecular flexibility index (Phi) is 6.62. The molecule has 2 amide bonds. The average Bonchev–Trinajstić information content (AvgIpc) is 3.32. The van der Waals surface area contributed by atoms with Crippen LogP contribution in [-0.4, -0.2) is 74.2 Å². The van der Waals surface area contributed by atoms with Crippen LogP contribution in [-0.2, 0) is 0 Å². The average molecular weight is 458 g/mol. The molecule has 8 heteroatoms. The van der Waals surface area contributed by atoms with E-state index < -0.39 is 0 Å². The Morgan fingerprint density at radius 2 is 1.91 bits per heavy atom. The highest BCUT2D eigenvalue weighted by molar-refractivity contribution is 7.08. The molecule has 4 saturated heterocycles. The first-order valence-corrected chi connectivity index (χ1v) is 12.6. The molecule has 1 aromatic heterocycles. The molecule has 5 heterocycles. The molecule has 0 saturated carbocycles. The molecule has 4 aliphatic heterocycles. The van der Waals surface area contributed by atoms with E-state index in [1.807, 2.05) is 29.0 Å². The van der Waals surface area contributed by atoms with Crippen LogP contribution < -0.4 is 15.5 Å². The highest BCUT2D eigenvalue weighted by Crippen LogP contribution is 2.36. The van der Waals surface area contributed by atoms with Gasteiger partial charge in [-0.1, -0.05) is 0 Å². The molecule has 32 heavy (non-hydrogen) atoms. The lowest BCUT2D eigenvalue weighted by molar-refractivity contribution is -0.0114. The maximum atomic E-state index is 13.2. The van der Waals surface area contributed by atoms with Crippen LogP contribution >= 0.6 is 11.3 Å². The van der Waals surface area contributed by atoms with E-state index in [1.54, 1.807) is 23.5 Å². The van der Waals surface area contributed by atoms with Gasteiger partial charge in [0.05, 0.1) is 5.69 Å². The topological polar surface area (TPSA) is 50.9 Å². The second kappa shape index (κ2) is 9.77. The molecule has 4 unspecified atom stereocenters. The predicted molar refractivity (Wildman–Crippen MR) is 128 cm³/mol. The van der Waals surface area contributed by atoms with Crippen molar-refractivity contribution in [1.82, 2.24) is 15.1 Å². The van der Waals surface area contributed by atoms with E-state index in [-0.39, 0.29) is 11.8 Å². The zero-order valence-electron chi connectivity index (χ0n) is 18.4. The van der Waals surface area contributed by atoms with Crippen LogP contribution in [0.3, 0.4) is 0 Å². The summed E-state index contributed by atoms with van der Waals surface area (Å²) in [6.45, 7) is 8.30. The molecule has 4 atom stereocenters. The van der Waals surface area contributed by atoms with Crippen molar-refractivity contribution in [2.24, 2.45) is 11.8 Å². The number of anilines is 2. The Bertz CT molecular complexity index is 884. The quantitative estimate of drug-likeness (QED) is 0.697. The number of carbonyl (C=O) groups is 1. The number of fused-ring (bicyclic) bond motifs is 3. The van der Waals surface area contributed by atoms with Crippen molar-refractivity contribution in [2.75, 3.05) is 62.6 Å². The standard InChI is InChI=1S/C24H32FN5OS/c25-20-1-3-22(4-2-20)29-10-8-28(9-11-29)15-19-16-30-7-5-18(19)13-23(30)14-26-24(31)27-21-6-12-32-17-21/h1-4,6,12,17-19,23H,5,7-11,13-16H2,(H2,26,27,31). The summed E-state index contributed by atoms with van der Waals surface area (Å²) in [5.41, 5.74) is 1.98. The van der Waals surface area contributed by atoms with Gasteiger partial charge in [-0.15, -0.1) is 0 Å². The summed E-state index contributed by atoms with van der Waals surface area (Å²) in [4.78, 5) is 19.7. The lowest BCUT2D eigenvalue weighted by atomic mass is 9.75. The number of urea groups is 1. The van der Waals surface area contributed by atoms with Crippen LogP contribution in [0, 0.1) is 17.7 Å². The van der Waals surface area contributed by atoms with Gasteiger partial charge in [-0.2, -0.15) is 11.3 Å². The third-order valence-electron chi connectivity index (χ3n) is 7.35. The van der Waals surface area contributed by atoms with Crippen molar-refractivity contribution in [3.8, 4) is 0 Å². The number of hydrogen-bond donors (Lipinski definition) is 2. The van der Waals surface area contributed by atoms with Gasteiger partial charge in [0.2, 0.25) is 0 Å². The number of thiophene rings is 1. The summed E-state index contributed by atoms with van der Waals surface area (Å²) in [6, 6.07) is 9.12. The van der Waals surface area contributed by atoms with Crippen molar-refractivity contribution < 1.29 is 9.18 Å². The maximum absolute atomic E-state index is 13.2. The van der Waals surface area contributed by atoms with Gasteiger partial charge >= 0.3 is 6.03 Å². The van der Waals surface area contributed by atoms with E-state index in [9.17, 15) is 9.18 Å². The summed E-state index contributed by atoms with van der Waals surface area (Å²) in [6.07, 6.45) is 2.46. The normalized spacial score (nSPS) is 28.0. The molecule has 172 valence electrons. The fourth-order valence-electron chi connectivity index (χ4n) is 5.56. The molecule has 0 radical (unpaired) electrons. The predicted octanol–water partition coefficient (Wildman–Crippen LogP) is 3.54. The summed E-state index contributed by atoms with van der Waals surface area (Å²) < 4.78 is 13.2. The molecule has 2 bridgehead atoms. The Hall–Kier alpha value is -2.16. The number of nitrogens with zero attached hydrogens (tertiary/aromatic N) is 3. The van der Waals surface area contributed by atoms with Crippen molar-refractivity contribution >= 4 is 28.7 Å². The first-order valence-electron chi connectivity index (χ1n) is 11.7. The van der Waals surface area contributed by atoms with E-state index in [0.717, 1.165) is 75.6 Å². The number of amides is 2. The molecule has 4 fully saturated rings. The summed E-state index contributed by atoms with van der Waals surface area (Å²) in [5.74, 6) is 1.30. The number of rotatable bonds is 6. The van der Waals surface area contributed by atoms with Gasteiger partial charge in [-0.3, -0.25) is 9.80 Å². The maximum Gasteiger partial charge on any atom is 0.319 e. The number of halogens is 1. The first-order chi connectivity index (χ1) is 15.6. The molecule has 6 rings (SSSR count). The Labute approximate surface area is 193 Å². The number of piperidine rings is 3. The molecule has 2 N–H and O–H groups in total. The number of nitrogens with one attached hydrogen (secondary N) is 2. The van der Waals surface area contributed by atoms with Gasteiger partial charge in [0.1, 0.15) is 5.82 Å². The zero-order valence-corrected chi connectivity index (χ0v) is 19.2. The zero-order chi connectivity index (χ0) is 21.9. The monoisotopic (exact) mass is 457 g/mol. The van der Waals surface area contributed by atoms with E-state index in [1.165, 1.54) is 12.8 Å². The van der Waals surface area contributed by atoms with Crippen LogP contribution in [0.5, 0.6) is 0 Å². The molecule has 1 aromatic carbocycles. The fourth-order valence-corrected chi connectivity index (χ4v) is 6.15. The van der Waals surface area contributed by atoms with Crippen molar-refractivity contribution in [2.45, 2.75) is 18.9 Å². The first kappa shape index (κ1) is 21.7. The summed E-state index contributed by atoms with van der Waals surface area (Å²) >= 11 is 1.58. The minimum absolute atomic E-state index is 0.110. The van der Waals surface area contributed by atoms with E-state index >= 15 is 0 Å². The van der Waals surface area contributed by atoms with E-state index in [2.05, 4.69) is 25.3 Å². The molecule has 2 aromatic rings. The van der Waals surface area contributed by atoms with Crippen LogP contribution in [0.4, 0.5) is 20.6 Å². The third-order valence-corrected chi connectivity index (χ3v) is 8.03. The van der Waals surface area contributed by atoms with E-state index in [4.69, 9.17) is 0 Å². The number of piperazine rings is 1. The van der Waals surface area contributed by atoms with Crippen molar-refractivity contribution in [1.29, 1.82) is 0 Å². The van der Waals surface area contributed by atoms with Crippen LogP contribution in [0.15, 0.2) is 41.1 Å². The van der Waals surface area contributed by atoms with Gasteiger partial charge < -0.3 is 15.5 Å². The molecular formula is C24H32FN5OS. The molecule has 0 aliphatic carbocycles. The summed E-state index contributed by atoms with van der Waals surface area (Å²) in [5, 5.41) is 9.87. The van der Waals surface area contributed by atoms with Crippen LogP contribution in [0.2, 0.25) is 0 Å². The van der Waals surface area contributed by atoms with Crippen LogP contribution in [0.1, 0.15) is 12.8 Å². The Morgan fingerprint density at radius 3 is 2.59 bits per heavy atom. The molecule has 0 spiro atoms. The van der Waals surface area contributed by atoms with Gasteiger partial charge in [-0.05, 0) is 66.9 Å². The van der Waals surface area contributed by atoms with Crippen molar-refractivity contribution in [3.63, 3.8) is 0 Å². The smallest absolute Gasteiger partial charge is 0.319 e. The highest BCUT2D eigenvalue weighted by Gasteiger charge is 2.40. The van der Waals surface area contributed by atoms with Gasteiger partial charge in [-0.25, -0.2) is 9.18 Å². The highest BCUT2D eigenvalue weighted by atomic mass is 32.1. The second-order valence-electron chi connectivity index (χ2n) is 9.30. The minimum Gasteiger partial charge on any atom is -0.369 e. The largest absolute Gasteiger partial charge is 0.369 e. The molecular weight excluding hydrogens is 425 g/mol. The van der Waals surface area contributed by atoms with Gasteiger partial charge in [0.25, 0.3) is 0 Å². The van der Waals surface area contributed by atoms with Gasteiger partial charge in [0.15, 0.2) is 0 Å². The minimum atomic E-state index is -0.175. The fraction of sp³-hybridized carbons (Fsp3) is 0.542. The summed E-state index contributed by atoms with van der Waals surface area (Å²) in [7, 11) is 0. The SMILES string of the molecule is O=C(NCC1CC2CCN1CC2CN1CCN(c2ccc(F)cc2)CC1)Nc1ccsc1. The molecule has 4 aliphatic rings. The Balaban J connectivity index is 1.06. The lowest BCUT2D eigenvalue weighted by Crippen LogP contribution is -2.59. The lowest BCUT2D eigenvalue weighted by Gasteiger charge is -2.51. The number of carbonyl (C=O) groups excluding carboxylic acids is 1. The van der Waals surface area contributed by atoms with Gasteiger partial charge in [0, 0.05) is 62.9 Å². The molecule has 6 nitrogen and oxygen atoms in total. The van der Waals surface area contributed by atoms with Crippen LogP contribution in [0.25, 0.3) is 0 Å². The third kappa shape index (κ3) is 5.08. The number of hydrogen-bond acceptors (Lipinski definition) is 5. The van der Waals surface area contributed by atoms with Crippen molar-refractivity contribution in [3.05, 3.63) is 46.9 Å². The second-order valence-corrected chi connectivity index (χ2v) is 10.1.